The Hall–Kier alpha value is -0.160. The van der Waals surface area contributed by atoms with Crippen molar-refractivity contribution < 1.29 is 14.2 Å². The Balaban J connectivity index is 0.00000320. The zero-order valence-electron chi connectivity index (χ0n) is 19.2. The van der Waals surface area contributed by atoms with Crippen molar-refractivity contribution in [2.75, 3.05) is 66.7 Å². The number of nitrogens with one attached hydrogen (secondary N) is 1. The van der Waals surface area contributed by atoms with Crippen molar-refractivity contribution in [3.05, 3.63) is 0 Å². The van der Waals surface area contributed by atoms with Crippen molar-refractivity contribution >= 4 is 29.9 Å². The van der Waals surface area contributed by atoms with Crippen LogP contribution in [0.1, 0.15) is 51.9 Å². The molecule has 0 amide bonds. The fraction of sp³-hybridized carbons (Fsp3) is 0.955. The molecule has 8 heteroatoms. The summed E-state index contributed by atoms with van der Waals surface area (Å²) in [5.74, 6) is 1.05. The van der Waals surface area contributed by atoms with Gasteiger partial charge in [-0.05, 0) is 66.0 Å². The van der Waals surface area contributed by atoms with E-state index >= 15 is 0 Å². The van der Waals surface area contributed by atoms with E-state index in [0.717, 1.165) is 90.7 Å². The SMILES string of the molecule is CCNC(=NCC1(N(C)C)CCOCC1)N1CCC(OCC2CCCCO2)CC1.I. The van der Waals surface area contributed by atoms with Crippen LogP contribution in [0.15, 0.2) is 4.99 Å². The predicted molar refractivity (Wildman–Crippen MR) is 132 cm³/mol. The zero-order valence-corrected chi connectivity index (χ0v) is 21.6. The van der Waals surface area contributed by atoms with Crippen molar-refractivity contribution in [3.63, 3.8) is 0 Å². The van der Waals surface area contributed by atoms with Gasteiger partial charge in [-0.2, -0.15) is 0 Å². The Morgan fingerprint density at radius 2 is 1.87 bits per heavy atom. The van der Waals surface area contributed by atoms with E-state index in [2.05, 4.69) is 36.1 Å². The smallest absolute Gasteiger partial charge is 0.193 e. The number of guanidine groups is 1. The molecule has 1 atom stereocenters. The van der Waals surface area contributed by atoms with Crippen LogP contribution in [0.3, 0.4) is 0 Å². The first kappa shape index (κ1) is 26.1. The van der Waals surface area contributed by atoms with Crippen molar-refractivity contribution in [1.29, 1.82) is 0 Å². The first-order valence-electron chi connectivity index (χ1n) is 11.6. The van der Waals surface area contributed by atoms with Crippen LogP contribution in [0.4, 0.5) is 0 Å². The summed E-state index contributed by atoms with van der Waals surface area (Å²) >= 11 is 0. The van der Waals surface area contributed by atoms with Crippen LogP contribution in [0.25, 0.3) is 0 Å². The highest BCUT2D eigenvalue weighted by Crippen LogP contribution is 2.26. The summed E-state index contributed by atoms with van der Waals surface area (Å²) in [5.41, 5.74) is 0.111. The molecular weight excluding hydrogens is 495 g/mol. The Bertz CT molecular complexity index is 501. The fourth-order valence-corrected chi connectivity index (χ4v) is 4.56. The van der Waals surface area contributed by atoms with E-state index in [4.69, 9.17) is 19.2 Å². The van der Waals surface area contributed by atoms with Crippen molar-refractivity contribution in [1.82, 2.24) is 15.1 Å². The van der Waals surface area contributed by atoms with Crippen molar-refractivity contribution in [3.8, 4) is 0 Å². The van der Waals surface area contributed by atoms with Crippen LogP contribution in [0.2, 0.25) is 0 Å². The highest BCUT2D eigenvalue weighted by molar-refractivity contribution is 14.0. The van der Waals surface area contributed by atoms with Gasteiger partial charge < -0.3 is 29.3 Å². The minimum Gasteiger partial charge on any atom is -0.381 e. The molecule has 0 saturated carbocycles. The Labute approximate surface area is 200 Å². The monoisotopic (exact) mass is 538 g/mol. The summed E-state index contributed by atoms with van der Waals surface area (Å²) in [6.45, 7) is 9.18. The largest absolute Gasteiger partial charge is 0.381 e. The van der Waals surface area contributed by atoms with Crippen LogP contribution < -0.4 is 5.32 Å². The molecule has 176 valence electrons. The van der Waals surface area contributed by atoms with Gasteiger partial charge in [0.15, 0.2) is 5.96 Å². The molecule has 3 heterocycles. The number of nitrogens with zero attached hydrogens (tertiary/aromatic N) is 3. The number of ether oxygens (including phenoxy) is 3. The third-order valence-electron chi connectivity index (χ3n) is 6.76. The second-order valence-electron chi connectivity index (χ2n) is 8.91. The summed E-state index contributed by atoms with van der Waals surface area (Å²) in [5, 5.41) is 3.51. The number of hydrogen-bond acceptors (Lipinski definition) is 5. The third-order valence-corrected chi connectivity index (χ3v) is 6.76. The summed E-state index contributed by atoms with van der Waals surface area (Å²) in [6, 6.07) is 0. The summed E-state index contributed by atoms with van der Waals surface area (Å²) in [7, 11) is 4.35. The first-order chi connectivity index (χ1) is 14.1. The maximum atomic E-state index is 6.18. The average molecular weight is 539 g/mol. The minimum absolute atomic E-state index is 0. The molecule has 0 bridgehead atoms. The van der Waals surface area contributed by atoms with Gasteiger partial charge in [-0.1, -0.05) is 0 Å². The minimum atomic E-state index is 0. The number of halogens is 1. The second kappa shape index (κ2) is 13.4. The van der Waals surface area contributed by atoms with E-state index in [0.29, 0.717) is 12.2 Å². The van der Waals surface area contributed by atoms with E-state index in [1.54, 1.807) is 0 Å². The van der Waals surface area contributed by atoms with E-state index in [1.807, 2.05) is 0 Å². The molecule has 1 N–H and O–H groups in total. The number of rotatable bonds is 7. The van der Waals surface area contributed by atoms with E-state index < -0.39 is 0 Å². The predicted octanol–water partition coefficient (Wildman–Crippen LogP) is 2.73. The molecule has 3 saturated heterocycles. The molecule has 0 radical (unpaired) electrons. The number of likely N-dealkylation sites (tertiary alicyclic amines) is 1. The van der Waals surface area contributed by atoms with E-state index in [1.165, 1.54) is 12.8 Å². The normalized spacial score (nSPS) is 25.8. The Kier molecular flexibility index (Phi) is 11.7. The zero-order chi connectivity index (χ0) is 20.5. The van der Waals surface area contributed by atoms with Crippen molar-refractivity contribution in [2.45, 2.75) is 69.6 Å². The third kappa shape index (κ3) is 7.46. The lowest BCUT2D eigenvalue weighted by molar-refractivity contribution is -0.0721. The van der Waals surface area contributed by atoms with Gasteiger partial charge in [-0.15, -0.1) is 24.0 Å². The molecule has 3 aliphatic rings. The summed E-state index contributed by atoms with van der Waals surface area (Å²) in [4.78, 5) is 9.82. The van der Waals surface area contributed by atoms with Crippen LogP contribution in [-0.4, -0.2) is 100 Å². The van der Waals surface area contributed by atoms with Crippen LogP contribution in [-0.2, 0) is 14.2 Å². The van der Waals surface area contributed by atoms with Gasteiger partial charge in [0.1, 0.15) is 0 Å². The number of likely N-dealkylation sites (N-methyl/N-ethyl adjacent to an activating group) is 1. The van der Waals surface area contributed by atoms with Gasteiger partial charge in [0.2, 0.25) is 0 Å². The Morgan fingerprint density at radius 3 is 2.47 bits per heavy atom. The fourth-order valence-electron chi connectivity index (χ4n) is 4.56. The highest BCUT2D eigenvalue weighted by atomic mass is 127. The molecule has 7 nitrogen and oxygen atoms in total. The van der Waals surface area contributed by atoms with Crippen LogP contribution >= 0.6 is 24.0 Å². The van der Waals surface area contributed by atoms with Gasteiger partial charge in [-0.25, -0.2) is 0 Å². The van der Waals surface area contributed by atoms with Crippen molar-refractivity contribution in [2.24, 2.45) is 4.99 Å². The van der Waals surface area contributed by atoms with Gasteiger partial charge in [-0.3, -0.25) is 4.99 Å². The average Bonchev–Trinajstić information content (AvgIpc) is 2.77. The quantitative estimate of drug-likeness (QED) is 0.306. The lowest BCUT2D eigenvalue weighted by Gasteiger charge is -2.42. The molecule has 3 fully saturated rings. The second-order valence-corrected chi connectivity index (χ2v) is 8.91. The topological polar surface area (TPSA) is 58.6 Å². The van der Waals surface area contributed by atoms with E-state index in [-0.39, 0.29) is 29.5 Å². The molecule has 1 unspecified atom stereocenters. The first-order valence-corrected chi connectivity index (χ1v) is 11.6. The molecular formula is C22H43IN4O3. The maximum Gasteiger partial charge on any atom is 0.193 e. The standard InChI is InChI=1S/C22H42N4O3.HI/c1-4-23-21(24-18-22(25(2)3)10-15-27-16-11-22)26-12-8-19(9-13-26)29-17-20-7-5-6-14-28-20;/h19-20H,4-18H2,1-3H3,(H,23,24);1H. The molecule has 3 rings (SSSR count). The number of aliphatic imine (C=N–C) groups is 1. The van der Waals surface area contributed by atoms with Gasteiger partial charge in [0.25, 0.3) is 0 Å². The molecule has 0 aromatic rings. The van der Waals surface area contributed by atoms with E-state index in [9.17, 15) is 0 Å². The lowest BCUT2D eigenvalue weighted by atomic mass is 9.89. The van der Waals surface area contributed by atoms with Crippen LogP contribution in [0.5, 0.6) is 0 Å². The molecule has 0 spiro atoms. The lowest BCUT2D eigenvalue weighted by Crippen LogP contribution is -2.52. The molecule has 0 aromatic carbocycles. The van der Waals surface area contributed by atoms with Gasteiger partial charge in [0.05, 0.1) is 25.4 Å². The van der Waals surface area contributed by atoms with Gasteiger partial charge >= 0.3 is 0 Å². The van der Waals surface area contributed by atoms with Gasteiger partial charge in [0, 0.05) is 45.0 Å². The van der Waals surface area contributed by atoms with Crippen LogP contribution in [0, 0.1) is 0 Å². The number of hydrogen-bond donors (Lipinski definition) is 1. The Morgan fingerprint density at radius 1 is 1.13 bits per heavy atom. The number of piperidine rings is 1. The molecule has 0 aliphatic carbocycles. The maximum absolute atomic E-state index is 6.18. The highest BCUT2D eigenvalue weighted by Gasteiger charge is 2.35. The molecule has 0 aromatic heterocycles. The summed E-state index contributed by atoms with van der Waals surface area (Å²) < 4.78 is 17.6. The summed E-state index contributed by atoms with van der Waals surface area (Å²) in [6.07, 6.45) is 8.48. The molecule has 3 aliphatic heterocycles. The molecule has 30 heavy (non-hydrogen) atoms.